The molecule has 7 heteroatoms. The highest BCUT2D eigenvalue weighted by Crippen LogP contribution is 2.20. The van der Waals surface area contributed by atoms with Gasteiger partial charge in [-0.05, 0) is 34.1 Å². The van der Waals surface area contributed by atoms with E-state index in [-0.39, 0.29) is 11.7 Å². The number of carbonyl (C=O) groups excluding carboxylic acids is 1. The van der Waals surface area contributed by atoms with Crippen molar-refractivity contribution < 1.29 is 13.9 Å². The fourth-order valence-corrected chi connectivity index (χ4v) is 3.53. The number of anilines is 1. The average Bonchev–Trinajstić information content (AvgIpc) is 2.67. The summed E-state index contributed by atoms with van der Waals surface area (Å²) in [5.41, 5.74) is 1.41. The van der Waals surface area contributed by atoms with Crippen molar-refractivity contribution in [3.63, 3.8) is 0 Å². The van der Waals surface area contributed by atoms with Crippen molar-refractivity contribution in [2.75, 3.05) is 45.2 Å². The number of methoxy groups -OCH3 is 1. The predicted molar refractivity (Wildman–Crippen MR) is 107 cm³/mol. The third-order valence-electron chi connectivity index (χ3n) is 4.61. The zero-order valence-corrected chi connectivity index (χ0v) is 16.8. The summed E-state index contributed by atoms with van der Waals surface area (Å²) in [6.45, 7) is 4.09. The highest BCUT2D eigenvalue weighted by Gasteiger charge is 2.20. The van der Waals surface area contributed by atoms with Gasteiger partial charge in [-0.2, -0.15) is 0 Å². The van der Waals surface area contributed by atoms with Gasteiger partial charge in [0, 0.05) is 50.0 Å². The Kier molecular flexibility index (Phi) is 6.82. The lowest BCUT2D eigenvalue weighted by molar-refractivity contribution is -0.117. The Morgan fingerprint density at radius 3 is 2.59 bits per heavy atom. The van der Waals surface area contributed by atoms with Crippen LogP contribution in [0.5, 0.6) is 5.75 Å². The molecule has 1 saturated heterocycles. The highest BCUT2D eigenvalue weighted by molar-refractivity contribution is 9.10. The average molecular weight is 436 g/mol. The smallest absolute Gasteiger partial charge is 0.238 e. The fraction of sp³-hybridized carbons (Fsp3) is 0.350. The van der Waals surface area contributed by atoms with Gasteiger partial charge in [0.15, 0.2) is 0 Å². The summed E-state index contributed by atoms with van der Waals surface area (Å²) >= 11 is 3.23. The second kappa shape index (κ2) is 9.30. The molecule has 0 aliphatic carbocycles. The van der Waals surface area contributed by atoms with E-state index in [0.717, 1.165) is 31.9 Å². The predicted octanol–water partition coefficient (Wildman–Crippen LogP) is 3.35. The van der Waals surface area contributed by atoms with Crippen LogP contribution >= 0.6 is 15.9 Å². The number of carbonyl (C=O) groups is 1. The van der Waals surface area contributed by atoms with Gasteiger partial charge in [0.25, 0.3) is 0 Å². The van der Waals surface area contributed by atoms with E-state index in [1.54, 1.807) is 19.2 Å². The van der Waals surface area contributed by atoms with E-state index in [9.17, 15) is 9.18 Å². The Bertz CT molecular complexity index is 795. The maximum Gasteiger partial charge on any atom is 0.238 e. The van der Waals surface area contributed by atoms with Crippen LogP contribution < -0.4 is 10.1 Å². The quantitative estimate of drug-likeness (QED) is 0.755. The van der Waals surface area contributed by atoms with Crippen LogP contribution in [0.4, 0.5) is 10.1 Å². The van der Waals surface area contributed by atoms with Gasteiger partial charge < -0.3 is 10.1 Å². The molecule has 27 heavy (non-hydrogen) atoms. The van der Waals surface area contributed by atoms with Crippen molar-refractivity contribution in [1.29, 1.82) is 0 Å². The standard InChI is InChI=1S/C20H23BrFN3O2/c1-27-17-6-3-5-16(12-17)23-19(26)14-25-10-8-24(9-11-25)13-15-4-2-7-18(21)20(15)22/h2-7,12H,8-11,13-14H2,1H3,(H,23,26). The van der Waals surface area contributed by atoms with Crippen molar-refractivity contribution in [3.05, 3.63) is 58.3 Å². The molecule has 2 aromatic rings. The molecule has 0 unspecified atom stereocenters. The third kappa shape index (κ3) is 5.51. The van der Waals surface area contributed by atoms with Crippen LogP contribution in [0.15, 0.2) is 46.9 Å². The number of benzene rings is 2. The summed E-state index contributed by atoms with van der Waals surface area (Å²) in [5, 5.41) is 2.90. The van der Waals surface area contributed by atoms with Crippen LogP contribution in [-0.4, -0.2) is 55.5 Å². The molecular formula is C20H23BrFN3O2. The van der Waals surface area contributed by atoms with Crippen molar-refractivity contribution in [1.82, 2.24) is 9.80 Å². The van der Waals surface area contributed by atoms with Gasteiger partial charge in [-0.15, -0.1) is 0 Å². The lowest BCUT2D eigenvalue weighted by Gasteiger charge is -2.34. The summed E-state index contributed by atoms with van der Waals surface area (Å²) in [6, 6.07) is 12.7. The number of hydrogen-bond donors (Lipinski definition) is 1. The molecule has 1 N–H and O–H groups in total. The van der Waals surface area contributed by atoms with E-state index >= 15 is 0 Å². The van der Waals surface area contributed by atoms with Crippen LogP contribution in [0, 0.1) is 5.82 Å². The number of ether oxygens (including phenoxy) is 1. The van der Waals surface area contributed by atoms with E-state index in [4.69, 9.17) is 4.74 Å². The molecule has 2 aromatic carbocycles. The number of halogens is 2. The first kappa shape index (κ1) is 19.8. The number of amides is 1. The van der Waals surface area contributed by atoms with Crippen LogP contribution in [0.1, 0.15) is 5.56 Å². The normalized spacial score (nSPS) is 15.5. The molecule has 3 rings (SSSR count). The molecule has 0 spiro atoms. The molecule has 1 heterocycles. The monoisotopic (exact) mass is 435 g/mol. The van der Waals surface area contributed by atoms with Crippen molar-refractivity contribution >= 4 is 27.5 Å². The number of piperazine rings is 1. The lowest BCUT2D eigenvalue weighted by Crippen LogP contribution is -2.48. The van der Waals surface area contributed by atoms with Gasteiger partial charge in [-0.25, -0.2) is 4.39 Å². The first-order chi connectivity index (χ1) is 13.0. The van der Waals surface area contributed by atoms with E-state index in [1.807, 2.05) is 30.3 Å². The van der Waals surface area contributed by atoms with E-state index in [0.29, 0.717) is 28.9 Å². The van der Waals surface area contributed by atoms with Crippen LogP contribution in [0.25, 0.3) is 0 Å². The Labute approximate surface area is 167 Å². The molecule has 0 radical (unpaired) electrons. The zero-order chi connectivity index (χ0) is 19.2. The molecule has 1 aliphatic heterocycles. The number of nitrogens with zero attached hydrogens (tertiary/aromatic N) is 2. The molecule has 1 aliphatic rings. The minimum atomic E-state index is -0.197. The number of nitrogens with one attached hydrogen (secondary N) is 1. The van der Waals surface area contributed by atoms with Gasteiger partial charge in [-0.3, -0.25) is 14.6 Å². The Morgan fingerprint density at radius 2 is 1.85 bits per heavy atom. The SMILES string of the molecule is COc1cccc(NC(=O)CN2CCN(Cc3cccc(Br)c3F)CC2)c1. The van der Waals surface area contributed by atoms with Gasteiger partial charge >= 0.3 is 0 Å². The third-order valence-corrected chi connectivity index (χ3v) is 5.22. The molecule has 0 aromatic heterocycles. The van der Waals surface area contributed by atoms with Crippen molar-refractivity contribution in [2.24, 2.45) is 0 Å². The molecule has 0 saturated carbocycles. The molecule has 1 fully saturated rings. The van der Waals surface area contributed by atoms with E-state index in [1.165, 1.54) is 0 Å². The lowest BCUT2D eigenvalue weighted by atomic mass is 10.2. The van der Waals surface area contributed by atoms with Crippen molar-refractivity contribution in [2.45, 2.75) is 6.54 Å². The molecular weight excluding hydrogens is 413 g/mol. The van der Waals surface area contributed by atoms with Gasteiger partial charge in [0.05, 0.1) is 18.1 Å². The van der Waals surface area contributed by atoms with E-state index < -0.39 is 0 Å². The highest BCUT2D eigenvalue weighted by atomic mass is 79.9. The van der Waals surface area contributed by atoms with Crippen LogP contribution in [0.2, 0.25) is 0 Å². The Balaban J connectivity index is 1.46. The number of hydrogen-bond acceptors (Lipinski definition) is 4. The van der Waals surface area contributed by atoms with E-state index in [2.05, 4.69) is 31.0 Å². The Morgan fingerprint density at radius 1 is 1.15 bits per heavy atom. The first-order valence-corrected chi connectivity index (χ1v) is 9.66. The second-order valence-electron chi connectivity index (χ2n) is 6.55. The van der Waals surface area contributed by atoms with Crippen LogP contribution in [0.3, 0.4) is 0 Å². The maximum atomic E-state index is 14.1. The van der Waals surface area contributed by atoms with Gasteiger partial charge in [0.1, 0.15) is 11.6 Å². The molecule has 0 atom stereocenters. The van der Waals surface area contributed by atoms with Gasteiger partial charge in [-0.1, -0.05) is 18.2 Å². The summed E-state index contributed by atoms with van der Waals surface area (Å²) < 4.78 is 19.8. The van der Waals surface area contributed by atoms with Gasteiger partial charge in [0.2, 0.25) is 5.91 Å². The molecule has 5 nitrogen and oxygen atoms in total. The number of rotatable bonds is 6. The Hall–Kier alpha value is -1.96. The molecule has 0 bridgehead atoms. The summed E-state index contributed by atoms with van der Waals surface area (Å²) in [5.74, 6) is 0.466. The minimum absolute atomic E-state index is 0.0465. The zero-order valence-electron chi connectivity index (χ0n) is 15.3. The first-order valence-electron chi connectivity index (χ1n) is 8.86. The largest absolute Gasteiger partial charge is 0.497 e. The summed E-state index contributed by atoms with van der Waals surface area (Å²) in [7, 11) is 1.60. The topological polar surface area (TPSA) is 44.8 Å². The van der Waals surface area contributed by atoms with Crippen LogP contribution in [-0.2, 0) is 11.3 Å². The molecule has 1 amide bonds. The minimum Gasteiger partial charge on any atom is -0.497 e. The fourth-order valence-electron chi connectivity index (χ4n) is 3.12. The molecule has 144 valence electrons. The van der Waals surface area contributed by atoms with Crippen molar-refractivity contribution in [3.8, 4) is 5.75 Å². The second-order valence-corrected chi connectivity index (χ2v) is 7.40. The summed E-state index contributed by atoms with van der Waals surface area (Å²) in [6.07, 6.45) is 0. The maximum absolute atomic E-state index is 14.1. The summed E-state index contributed by atoms with van der Waals surface area (Å²) in [4.78, 5) is 16.6.